The molecule has 11 heteroatoms. The third-order valence-corrected chi connectivity index (χ3v) is 5.37. The number of nitrogens with one attached hydrogen (secondary N) is 1. The third-order valence-electron chi connectivity index (χ3n) is 3.76. The van der Waals surface area contributed by atoms with Crippen molar-refractivity contribution in [3.8, 4) is 5.75 Å². The van der Waals surface area contributed by atoms with Crippen LogP contribution in [0.2, 0.25) is 5.02 Å². The maximum Gasteiger partial charge on any atom is 0.374 e. The van der Waals surface area contributed by atoms with Gasteiger partial charge in [0.25, 0.3) is 0 Å². The number of hydrogen-bond donors (Lipinski definition) is 1. The first-order valence-corrected chi connectivity index (χ1v) is 10.0. The van der Waals surface area contributed by atoms with E-state index < -0.39 is 27.0 Å². The number of aromatic amines is 1. The average molecular weight is 439 g/mol. The Bertz CT molecular complexity index is 1200. The maximum atomic E-state index is 12.8. The summed E-state index contributed by atoms with van der Waals surface area (Å²) in [5.41, 5.74) is 0.450. The van der Waals surface area contributed by atoms with E-state index in [1.54, 1.807) is 6.92 Å². The van der Waals surface area contributed by atoms with Crippen LogP contribution in [-0.4, -0.2) is 44.0 Å². The van der Waals surface area contributed by atoms with E-state index in [4.69, 9.17) is 20.5 Å². The molecule has 0 bridgehead atoms. The van der Waals surface area contributed by atoms with Gasteiger partial charge in [0.05, 0.1) is 29.8 Å². The van der Waals surface area contributed by atoms with Gasteiger partial charge >= 0.3 is 22.1 Å². The van der Waals surface area contributed by atoms with Crippen LogP contribution in [0.4, 0.5) is 0 Å². The number of halogens is 1. The lowest BCUT2D eigenvalue weighted by molar-refractivity contribution is 0.0520. The van der Waals surface area contributed by atoms with Crippen LogP contribution >= 0.6 is 11.6 Å². The molecule has 0 saturated carbocycles. The Morgan fingerprint density at radius 2 is 1.93 bits per heavy atom. The lowest BCUT2D eigenvalue weighted by atomic mass is 10.2. The number of H-pyrrole nitrogens is 1. The second-order valence-electron chi connectivity index (χ2n) is 5.63. The SMILES string of the molecule is CCOC(=O)c1c(Cl)cccc1S(=O)(=O)Oc1ccc2nc(C(=O)OC)[nH]c2c1. The van der Waals surface area contributed by atoms with Crippen molar-refractivity contribution in [3.63, 3.8) is 0 Å². The second kappa shape index (κ2) is 8.10. The molecule has 3 aromatic rings. The van der Waals surface area contributed by atoms with Crippen LogP contribution in [0.3, 0.4) is 0 Å². The lowest BCUT2D eigenvalue weighted by Crippen LogP contribution is -2.16. The van der Waals surface area contributed by atoms with Gasteiger partial charge in [-0.2, -0.15) is 8.42 Å². The normalized spacial score (nSPS) is 11.3. The highest BCUT2D eigenvalue weighted by atomic mass is 35.5. The topological polar surface area (TPSA) is 125 Å². The fourth-order valence-electron chi connectivity index (χ4n) is 2.52. The number of benzene rings is 2. The summed E-state index contributed by atoms with van der Waals surface area (Å²) in [4.78, 5) is 30.1. The average Bonchev–Trinajstić information content (AvgIpc) is 3.10. The number of esters is 2. The minimum absolute atomic E-state index is 0.0399. The first-order chi connectivity index (χ1) is 13.8. The Labute approximate surface area is 170 Å². The summed E-state index contributed by atoms with van der Waals surface area (Å²) in [6.45, 7) is 1.63. The summed E-state index contributed by atoms with van der Waals surface area (Å²) >= 11 is 6.02. The molecule has 0 spiro atoms. The molecular formula is C18H15ClN2O7S. The molecule has 0 aliphatic carbocycles. The van der Waals surface area contributed by atoms with Crippen LogP contribution in [0, 0.1) is 0 Å². The van der Waals surface area contributed by atoms with Crippen LogP contribution in [0.25, 0.3) is 11.0 Å². The zero-order chi connectivity index (χ0) is 21.2. The predicted octanol–water partition coefficient (Wildman–Crippen LogP) is 2.95. The number of ether oxygens (including phenoxy) is 2. The van der Waals surface area contributed by atoms with Crippen molar-refractivity contribution < 1.29 is 31.7 Å². The molecule has 0 aliphatic heterocycles. The van der Waals surface area contributed by atoms with Gasteiger partial charge in [0.1, 0.15) is 16.2 Å². The van der Waals surface area contributed by atoms with Gasteiger partial charge in [0.2, 0.25) is 5.82 Å². The molecule has 1 N–H and O–H groups in total. The van der Waals surface area contributed by atoms with E-state index in [1.807, 2.05) is 0 Å². The molecule has 29 heavy (non-hydrogen) atoms. The Morgan fingerprint density at radius 3 is 2.62 bits per heavy atom. The highest BCUT2D eigenvalue weighted by molar-refractivity contribution is 7.87. The highest BCUT2D eigenvalue weighted by Gasteiger charge is 2.28. The Hall–Kier alpha value is -3.11. The van der Waals surface area contributed by atoms with E-state index >= 15 is 0 Å². The molecule has 0 aliphatic rings. The number of nitrogens with zero attached hydrogens (tertiary/aromatic N) is 1. The molecule has 9 nitrogen and oxygen atoms in total. The van der Waals surface area contributed by atoms with E-state index in [1.165, 1.54) is 43.5 Å². The number of carbonyl (C=O) groups excluding carboxylic acids is 2. The molecule has 0 fully saturated rings. The molecule has 3 rings (SSSR count). The van der Waals surface area contributed by atoms with Crippen molar-refractivity contribution in [2.24, 2.45) is 0 Å². The largest absolute Gasteiger partial charge is 0.463 e. The number of carbonyl (C=O) groups is 2. The molecule has 0 amide bonds. The molecule has 1 heterocycles. The first-order valence-electron chi connectivity index (χ1n) is 8.25. The van der Waals surface area contributed by atoms with E-state index in [-0.39, 0.29) is 28.8 Å². The highest BCUT2D eigenvalue weighted by Crippen LogP contribution is 2.28. The van der Waals surface area contributed by atoms with Gasteiger partial charge < -0.3 is 18.6 Å². The van der Waals surface area contributed by atoms with Crippen molar-refractivity contribution in [1.82, 2.24) is 9.97 Å². The zero-order valence-electron chi connectivity index (χ0n) is 15.3. The van der Waals surface area contributed by atoms with Crippen LogP contribution < -0.4 is 4.18 Å². The summed E-state index contributed by atoms with van der Waals surface area (Å²) in [7, 11) is -3.21. The van der Waals surface area contributed by atoms with Crippen molar-refractivity contribution in [3.05, 3.63) is 52.8 Å². The lowest BCUT2D eigenvalue weighted by Gasteiger charge is -2.12. The van der Waals surface area contributed by atoms with E-state index in [0.29, 0.717) is 11.0 Å². The molecule has 1 aromatic heterocycles. The van der Waals surface area contributed by atoms with E-state index in [9.17, 15) is 18.0 Å². The fourth-order valence-corrected chi connectivity index (χ4v) is 3.96. The Balaban J connectivity index is 1.99. The summed E-state index contributed by atoms with van der Waals surface area (Å²) in [6.07, 6.45) is 0. The number of aromatic nitrogens is 2. The molecule has 0 saturated heterocycles. The van der Waals surface area contributed by atoms with Gasteiger partial charge in [0.15, 0.2) is 0 Å². The number of fused-ring (bicyclic) bond motifs is 1. The van der Waals surface area contributed by atoms with Crippen LogP contribution in [0.15, 0.2) is 41.3 Å². The molecule has 0 atom stereocenters. The van der Waals surface area contributed by atoms with Gasteiger partial charge in [0, 0.05) is 6.07 Å². The van der Waals surface area contributed by atoms with Crippen LogP contribution in [0.5, 0.6) is 5.75 Å². The fraction of sp³-hybridized carbons (Fsp3) is 0.167. The number of methoxy groups -OCH3 is 1. The van der Waals surface area contributed by atoms with Gasteiger partial charge in [-0.15, -0.1) is 0 Å². The number of hydrogen-bond acceptors (Lipinski definition) is 8. The molecule has 2 aromatic carbocycles. The van der Waals surface area contributed by atoms with Crippen molar-refractivity contribution in [1.29, 1.82) is 0 Å². The summed E-state index contributed by atoms with van der Waals surface area (Å²) < 4.78 is 40.2. The van der Waals surface area contributed by atoms with Gasteiger partial charge in [-0.25, -0.2) is 14.6 Å². The monoisotopic (exact) mass is 438 g/mol. The van der Waals surface area contributed by atoms with Crippen molar-refractivity contribution in [2.75, 3.05) is 13.7 Å². The van der Waals surface area contributed by atoms with Crippen LogP contribution in [-0.2, 0) is 19.6 Å². The summed E-state index contributed by atoms with van der Waals surface area (Å²) in [5, 5.41) is -0.0835. The summed E-state index contributed by atoms with van der Waals surface area (Å²) in [6, 6.07) is 8.11. The van der Waals surface area contributed by atoms with Crippen LogP contribution in [0.1, 0.15) is 27.9 Å². The quantitative estimate of drug-likeness (QED) is 0.460. The van der Waals surface area contributed by atoms with Crippen molar-refractivity contribution in [2.45, 2.75) is 11.8 Å². The minimum atomic E-state index is -4.42. The number of rotatable bonds is 6. The van der Waals surface area contributed by atoms with Gasteiger partial charge in [-0.3, -0.25) is 0 Å². The van der Waals surface area contributed by atoms with Gasteiger partial charge in [-0.05, 0) is 31.2 Å². The minimum Gasteiger partial charge on any atom is -0.463 e. The molecule has 0 radical (unpaired) electrons. The molecule has 152 valence electrons. The number of imidazole rings is 1. The molecule has 0 unspecified atom stereocenters. The first kappa shape index (κ1) is 20.6. The van der Waals surface area contributed by atoms with E-state index in [2.05, 4.69) is 14.7 Å². The van der Waals surface area contributed by atoms with Gasteiger partial charge in [-0.1, -0.05) is 17.7 Å². The van der Waals surface area contributed by atoms with Crippen molar-refractivity contribution >= 4 is 44.7 Å². The second-order valence-corrected chi connectivity index (χ2v) is 7.55. The smallest absolute Gasteiger partial charge is 0.374 e. The predicted molar refractivity (Wildman–Crippen MR) is 103 cm³/mol. The molecular weight excluding hydrogens is 424 g/mol. The zero-order valence-corrected chi connectivity index (χ0v) is 16.8. The standard InChI is InChI=1S/C18H15ClN2O7S/c1-3-27-17(22)15-11(19)5-4-6-14(15)29(24,25)28-10-7-8-12-13(9-10)21-16(20-12)18(23)26-2/h4-9H,3H2,1-2H3,(H,20,21). The Morgan fingerprint density at radius 1 is 1.17 bits per heavy atom. The maximum absolute atomic E-state index is 12.8. The van der Waals surface area contributed by atoms with E-state index in [0.717, 1.165) is 0 Å². The third kappa shape index (κ3) is 4.17. The Kier molecular flexibility index (Phi) is 5.76. The summed E-state index contributed by atoms with van der Waals surface area (Å²) in [5.74, 6) is -1.66.